The van der Waals surface area contributed by atoms with Crippen molar-refractivity contribution in [3.05, 3.63) is 71.0 Å². The Labute approximate surface area is 163 Å². The molecular formula is C24H22N4. The van der Waals surface area contributed by atoms with Crippen LogP contribution in [-0.2, 0) is 23.7 Å². The van der Waals surface area contributed by atoms with Gasteiger partial charge in [-0.2, -0.15) is 0 Å². The fourth-order valence-corrected chi connectivity index (χ4v) is 5.86. The molecule has 0 aliphatic heterocycles. The zero-order valence-corrected chi connectivity index (χ0v) is 16.1. The van der Waals surface area contributed by atoms with Gasteiger partial charge in [0.1, 0.15) is 0 Å². The highest BCUT2D eigenvalue weighted by atomic mass is 14.8. The van der Waals surface area contributed by atoms with Crippen LogP contribution in [0, 0.1) is 0 Å². The van der Waals surface area contributed by atoms with Gasteiger partial charge >= 0.3 is 0 Å². The largest absolute Gasteiger partial charge is 0.398 e. The third-order valence-corrected chi connectivity index (χ3v) is 7.38. The number of hydrogen-bond donors (Lipinski definition) is 2. The minimum atomic E-state index is -0.162. The summed E-state index contributed by atoms with van der Waals surface area (Å²) < 4.78 is 0. The second-order valence-electron chi connectivity index (χ2n) is 8.75. The molecule has 4 N–H and O–H groups in total. The third-order valence-electron chi connectivity index (χ3n) is 7.38. The third kappa shape index (κ3) is 1.63. The zero-order valence-electron chi connectivity index (χ0n) is 16.1. The second kappa shape index (κ2) is 4.82. The minimum absolute atomic E-state index is 0.162. The van der Waals surface area contributed by atoms with Gasteiger partial charge in [0.25, 0.3) is 0 Å². The quantitative estimate of drug-likeness (QED) is 0.487. The number of nitrogens with zero attached hydrogens (tertiary/aromatic N) is 2. The Bertz CT molecular complexity index is 1220. The number of hydrogen-bond acceptors (Lipinski definition) is 4. The molecular weight excluding hydrogens is 344 g/mol. The Morgan fingerprint density at radius 1 is 0.679 bits per heavy atom. The summed E-state index contributed by atoms with van der Waals surface area (Å²) >= 11 is 0. The average Bonchev–Trinajstić information content (AvgIpc) is 3.02. The van der Waals surface area contributed by atoms with Crippen molar-refractivity contribution in [1.29, 1.82) is 0 Å². The van der Waals surface area contributed by atoms with Gasteiger partial charge in [-0.1, -0.05) is 50.2 Å². The Hall–Kier alpha value is -3.14. The molecule has 2 atom stereocenters. The van der Waals surface area contributed by atoms with Gasteiger partial charge in [0, 0.05) is 68.3 Å². The van der Waals surface area contributed by atoms with Gasteiger partial charge in [-0.15, -0.1) is 0 Å². The molecule has 2 aliphatic carbocycles. The van der Waals surface area contributed by atoms with Crippen molar-refractivity contribution >= 4 is 33.2 Å². The number of anilines is 2. The molecule has 4 heteroatoms. The number of fused-ring (bicyclic) bond motifs is 7. The summed E-state index contributed by atoms with van der Waals surface area (Å²) in [7, 11) is 0. The van der Waals surface area contributed by atoms with Gasteiger partial charge in [0.15, 0.2) is 0 Å². The maximum absolute atomic E-state index is 6.75. The van der Waals surface area contributed by atoms with Gasteiger partial charge in [0.05, 0.1) is 11.0 Å². The smallest absolute Gasteiger partial charge is 0.0726 e. The van der Waals surface area contributed by atoms with E-state index in [0.717, 1.165) is 57.4 Å². The molecule has 138 valence electrons. The number of nitrogen functional groups attached to an aromatic ring is 2. The van der Waals surface area contributed by atoms with Gasteiger partial charge in [0.2, 0.25) is 0 Å². The summed E-state index contributed by atoms with van der Waals surface area (Å²) in [4.78, 5) is 10.0. The lowest BCUT2D eigenvalue weighted by molar-refractivity contribution is 0.312. The van der Waals surface area contributed by atoms with E-state index in [0.29, 0.717) is 0 Å². The van der Waals surface area contributed by atoms with Crippen molar-refractivity contribution in [2.45, 2.75) is 37.5 Å². The highest BCUT2D eigenvalue weighted by Gasteiger charge is 2.60. The fourth-order valence-electron chi connectivity index (χ4n) is 5.86. The summed E-state index contributed by atoms with van der Waals surface area (Å²) in [5, 5.41) is 2.07. The molecule has 6 rings (SSSR count). The number of para-hydroxylation sites is 2. The first-order valence-electron chi connectivity index (χ1n) is 9.79. The van der Waals surface area contributed by atoms with E-state index in [1.54, 1.807) is 0 Å². The maximum Gasteiger partial charge on any atom is 0.0726 e. The van der Waals surface area contributed by atoms with Gasteiger partial charge in [-0.25, -0.2) is 0 Å². The van der Waals surface area contributed by atoms with Crippen LogP contribution < -0.4 is 11.5 Å². The fraction of sp³-hybridized carbons (Fsp3) is 0.250. The van der Waals surface area contributed by atoms with Crippen molar-refractivity contribution < 1.29 is 0 Å². The van der Waals surface area contributed by atoms with Crippen LogP contribution >= 0.6 is 0 Å². The summed E-state index contributed by atoms with van der Waals surface area (Å²) in [5.74, 6) is 0. The van der Waals surface area contributed by atoms with Crippen LogP contribution in [0.2, 0.25) is 0 Å². The minimum Gasteiger partial charge on any atom is -0.398 e. The summed E-state index contributed by atoms with van der Waals surface area (Å²) in [6.45, 7) is 4.63. The van der Waals surface area contributed by atoms with Crippen LogP contribution in [0.3, 0.4) is 0 Å². The first-order chi connectivity index (χ1) is 13.4. The van der Waals surface area contributed by atoms with Crippen LogP contribution in [0.4, 0.5) is 11.4 Å². The Morgan fingerprint density at radius 2 is 1.07 bits per heavy atom. The monoisotopic (exact) mass is 366 g/mol. The molecule has 0 amide bonds. The molecule has 4 nitrogen and oxygen atoms in total. The molecule has 4 aromatic rings. The highest BCUT2D eigenvalue weighted by Crippen LogP contribution is 2.62. The molecule has 0 radical (unpaired) electrons. The van der Waals surface area contributed by atoms with Crippen LogP contribution in [0.25, 0.3) is 21.8 Å². The molecule has 0 unspecified atom stereocenters. The molecule has 0 fully saturated rings. The van der Waals surface area contributed by atoms with Gasteiger partial charge < -0.3 is 11.5 Å². The topological polar surface area (TPSA) is 77.8 Å². The molecule has 2 aliphatic rings. The first-order valence-corrected chi connectivity index (χ1v) is 9.79. The molecule has 28 heavy (non-hydrogen) atoms. The van der Waals surface area contributed by atoms with Crippen molar-refractivity contribution in [1.82, 2.24) is 9.97 Å². The van der Waals surface area contributed by atoms with E-state index >= 15 is 0 Å². The predicted molar refractivity (Wildman–Crippen MR) is 114 cm³/mol. The Morgan fingerprint density at radius 3 is 1.50 bits per heavy atom. The van der Waals surface area contributed by atoms with Gasteiger partial charge in [-0.05, 0) is 12.1 Å². The zero-order chi connectivity index (χ0) is 19.3. The molecule has 0 spiro atoms. The van der Waals surface area contributed by atoms with E-state index in [4.69, 9.17) is 21.4 Å². The lowest BCUT2D eigenvalue weighted by Gasteiger charge is -2.36. The van der Waals surface area contributed by atoms with Crippen molar-refractivity contribution in [3.8, 4) is 0 Å². The van der Waals surface area contributed by atoms with Crippen LogP contribution in [0.15, 0.2) is 48.5 Å². The van der Waals surface area contributed by atoms with E-state index in [1.165, 1.54) is 11.1 Å². The molecule has 0 bridgehead atoms. The summed E-state index contributed by atoms with van der Waals surface area (Å²) in [6.07, 6.45) is 1.68. The SMILES string of the molecule is C[C@@]12Cc3nc4ccccc4c(N)c3[C@]1(C)Cc1nc3ccccc3c(N)c12. The second-order valence-corrected chi connectivity index (χ2v) is 8.75. The molecule has 2 aromatic carbocycles. The van der Waals surface area contributed by atoms with E-state index < -0.39 is 0 Å². The normalized spacial score (nSPS) is 25.1. The predicted octanol–water partition coefficient (Wildman–Crippen LogP) is 4.28. The maximum atomic E-state index is 6.75. The molecule has 0 saturated carbocycles. The lowest BCUT2D eigenvalue weighted by Crippen LogP contribution is -2.39. The van der Waals surface area contributed by atoms with E-state index in [1.807, 2.05) is 36.4 Å². The molecule has 0 saturated heterocycles. The van der Waals surface area contributed by atoms with E-state index in [2.05, 4.69) is 26.0 Å². The first kappa shape index (κ1) is 15.9. The number of aromatic nitrogens is 2. The highest BCUT2D eigenvalue weighted by molar-refractivity contribution is 5.96. The number of benzene rings is 2. The van der Waals surface area contributed by atoms with Crippen LogP contribution in [0.1, 0.15) is 36.4 Å². The number of pyridine rings is 2. The lowest BCUT2D eigenvalue weighted by atomic mass is 9.66. The summed E-state index contributed by atoms with van der Waals surface area (Å²) in [6, 6.07) is 16.3. The number of rotatable bonds is 0. The van der Waals surface area contributed by atoms with E-state index in [9.17, 15) is 0 Å². The Balaban J connectivity index is 1.68. The molecule has 2 aromatic heterocycles. The number of nitrogens with two attached hydrogens (primary N) is 2. The summed E-state index contributed by atoms with van der Waals surface area (Å²) in [5.41, 5.74) is 21.4. The molecule has 2 heterocycles. The van der Waals surface area contributed by atoms with Crippen LogP contribution in [-0.4, -0.2) is 9.97 Å². The van der Waals surface area contributed by atoms with Gasteiger partial charge in [-0.3, -0.25) is 9.97 Å². The van der Waals surface area contributed by atoms with Crippen molar-refractivity contribution in [3.63, 3.8) is 0 Å². The average molecular weight is 366 g/mol. The van der Waals surface area contributed by atoms with Crippen molar-refractivity contribution in [2.75, 3.05) is 11.5 Å². The van der Waals surface area contributed by atoms with Crippen molar-refractivity contribution in [2.24, 2.45) is 0 Å². The standard InChI is InChI=1S/C24H22N4/c1-23-11-17-20(22(26)14-8-4-6-10-16(14)27-17)24(23,2)12-18-19(23)21(25)13-7-3-5-9-15(13)28-18/h3-10H,11-12H2,1-2H3,(H2,25,28)(H2,26,27)/t23-,24-/m0/s1. The Kier molecular flexibility index (Phi) is 2.73. The van der Waals surface area contributed by atoms with Crippen LogP contribution in [0.5, 0.6) is 0 Å². The van der Waals surface area contributed by atoms with E-state index in [-0.39, 0.29) is 10.8 Å².